The van der Waals surface area contributed by atoms with Gasteiger partial charge in [-0.3, -0.25) is 4.79 Å². The van der Waals surface area contributed by atoms with Crippen LogP contribution in [0.1, 0.15) is 16.6 Å². The van der Waals surface area contributed by atoms with Crippen molar-refractivity contribution in [2.24, 2.45) is 5.73 Å². The molecule has 4 rings (SSSR count). The third kappa shape index (κ3) is 1.65. The molecule has 1 amide bonds. The number of rotatable bonds is 3. The van der Waals surface area contributed by atoms with Crippen LogP contribution in [0.25, 0.3) is 11.0 Å². The summed E-state index contributed by atoms with van der Waals surface area (Å²) >= 11 is 0. The minimum absolute atomic E-state index is 0.128. The van der Waals surface area contributed by atoms with E-state index in [4.69, 9.17) is 20.9 Å². The molecule has 0 aromatic carbocycles. The lowest BCUT2D eigenvalue weighted by Gasteiger charge is -2.17. The number of anilines is 1. The quantitative estimate of drug-likeness (QED) is 0.601. The fourth-order valence-electron chi connectivity index (χ4n) is 2.86. The molecule has 0 radical (unpaired) electrons. The number of ether oxygens (including phenoxy) is 2. The van der Waals surface area contributed by atoms with E-state index >= 15 is 0 Å². The van der Waals surface area contributed by atoms with Crippen molar-refractivity contribution >= 4 is 22.8 Å². The summed E-state index contributed by atoms with van der Waals surface area (Å²) < 4.78 is 12.9. The maximum absolute atomic E-state index is 11.6. The van der Waals surface area contributed by atoms with Gasteiger partial charge in [0.15, 0.2) is 6.23 Å². The van der Waals surface area contributed by atoms with Crippen LogP contribution in [0.5, 0.6) is 0 Å². The second-order valence-electron chi connectivity index (χ2n) is 5.08. The molecular formula is C12H13N5O4. The molecule has 4 heterocycles. The summed E-state index contributed by atoms with van der Waals surface area (Å²) in [7, 11) is 0. The molecule has 2 aromatic rings. The van der Waals surface area contributed by atoms with Crippen LogP contribution in [0.4, 0.5) is 5.82 Å². The van der Waals surface area contributed by atoms with E-state index in [2.05, 4.69) is 9.97 Å². The second-order valence-corrected chi connectivity index (χ2v) is 5.08. The average Bonchev–Trinajstić information content (AvgIpc) is 3.01. The van der Waals surface area contributed by atoms with E-state index in [1.807, 2.05) is 0 Å². The van der Waals surface area contributed by atoms with Gasteiger partial charge in [-0.1, -0.05) is 0 Å². The van der Waals surface area contributed by atoms with Gasteiger partial charge in [-0.15, -0.1) is 0 Å². The van der Waals surface area contributed by atoms with Crippen molar-refractivity contribution in [2.75, 3.05) is 12.3 Å². The Bertz CT molecular complexity index is 745. The van der Waals surface area contributed by atoms with Crippen LogP contribution in [0.15, 0.2) is 12.5 Å². The smallest absolute Gasteiger partial charge is 0.251 e. The van der Waals surface area contributed by atoms with Gasteiger partial charge in [-0.05, 0) is 0 Å². The first kappa shape index (κ1) is 12.5. The molecule has 21 heavy (non-hydrogen) atoms. The maximum atomic E-state index is 11.6. The van der Waals surface area contributed by atoms with Crippen molar-refractivity contribution in [3.05, 3.63) is 18.1 Å². The van der Waals surface area contributed by atoms with Crippen LogP contribution in [0.2, 0.25) is 0 Å². The van der Waals surface area contributed by atoms with E-state index in [0.29, 0.717) is 11.0 Å². The van der Waals surface area contributed by atoms with Gasteiger partial charge < -0.3 is 30.6 Å². The number of amides is 1. The first-order valence-corrected chi connectivity index (χ1v) is 6.44. The number of aromatic nitrogens is 3. The number of aliphatic hydroxyl groups excluding tert-OH is 1. The topological polar surface area (TPSA) is 142 Å². The number of carbonyl (C=O) groups excluding carboxylic acids is 1. The largest absolute Gasteiger partial charge is 0.394 e. The van der Waals surface area contributed by atoms with Gasteiger partial charge in [0.2, 0.25) is 0 Å². The van der Waals surface area contributed by atoms with Crippen LogP contribution in [-0.4, -0.2) is 50.5 Å². The highest BCUT2D eigenvalue weighted by Crippen LogP contribution is 2.46. The molecule has 2 saturated heterocycles. The fourth-order valence-corrected chi connectivity index (χ4v) is 2.86. The predicted octanol–water partition coefficient (Wildman–Crippen LogP) is -1.23. The van der Waals surface area contributed by atoms with Gasteiger partial charge in [0, 0.05) is 6.20 Å². The third-order valence-corrected chi connectivity index (χ3v) is 3.88. The Morgan fingerprint density at radius 3 is 2.86 bits per heavy atom. The molecule has 0 saturated carbocycles. The number of hydrogen-bond donors (Lipinski definition) is 3. The number of hydrogen-bond acceptors (Lipinski definition) is 7. The molecule has 2 aliphatic rings. The van der Waals surface area contributed by atoms with Gasteiger partial charge in [-0.2, -0.15) is 0 Å². The Labute approximate surface area is 118 Å². The summed E-state index contributed by atoms with van der Waals surface area (Å²) in [5.41, 5.74) is 11.9. The molecule has 9 heteroatoms. The summed E-state index contributed by atoms with van der Waals surface area (Å²) in [5, 5.41) is 9.65. The molecule has 0 aliphatic carbocycles. The fraction of sp³-hybridized carbons (Fsp3) is 0.417. The van der Waals surface area contributed by atoms with Crippen molar-refractivity contribution in [3.8, 4) is 0 Å². The predicted molar refractivity (Wildman–Crippen MR) is 70.1 cm³/mol. The number of carbonyl (C=O) groups is 1. The molecule has 2 fully saturated rings. The Morgan fingerprint density at radius 2 is 2.19 bits per heavy atom. The van der Waals surface area contributed by atoms with Crippen LogP contribution < -0.4 is 11.5 Å². The lowest BCUT2D eigenvalue weighted by Crippen LogP contribution is -2.22. The van der Waals surface area contributed by atoms with Crippen LogP contribution in [-0.2, 0) is 9.47 Å². The minimum atomic E-state index is -0.620. The molecule has 9 nitrogen and oxygen atoms in total. The van der Waals surface area contributed by atoms with Gasteiger partial charge in [0.1, 0.15) is 36.1 Å². The van der Waals surface area contributed by atoms with Gasteiger partial charge >= 0.3 is 0 Å². The van der Waals surface area contributed by atoms with Gasteiger partial charge in [-0.25, -0.2) is 9.97 Å². The number of fused-ring (bicyclic) bond motifs is 2. The molecule has 0 bridgehead atoms. The third-order valence-electron chi connectivity index (χ3n) is 3.88. The van der Waals surface area contributed by atoms with Crippen LogP contribution in [0.3, 0.4) is 0 Å². The van der Waals surface area contributed by atoms with Crippen molar-refractivity contribution in [1.29, 1.82) is 0 Å². The number of epoxide rings is 1. The first-order valence-electron chi connectivity index (χ1n) is 6.44. The number of primary amides is 1. The normalized spacial score (nSPS) is 30.5. The van der Waals surface area contributed by atoms with E-state index in [1.54, 1.807) is 10.8 Å². The number of nitrogen functional groups attached to an aromatic ring is 1. The number of nitrogens with zero attached hydrogens (tertiary/aromatic N) is 3. The monoisotopic (exact) mass is 291 g/mol. The van der Waals surface area contributed by atoms with Crippen molar-refractivity contribution in [3.63, 3.8) is 0 Å². The second kappa shape index (κ2) is 4.13. The molecule has 0 spiro atoms. The Balaban J connectivity index is 1.87. The molecule has 4 unspecified atom stereocenters. The van der Waals surface area contributed by atoms with E-state index in [9.17, 15) is 9.90 Å². The summed E-state index contributed by atoms with van der Waals surface area (Å²) in [6.45, 7) is -0.128. The molecule has 5 N–H and O–H groups in total. The molecule has 2 aromatic heterocycles. The summed E-state index contributed by atoms with van der Waals surface area (Å²) in [6.07, 6.45) is 1.69. The van der Waals surface area contributed by atoms with Gasteiger partial charge in [0.25, 0.3) is 5.91 Å². The molecule has 110 valence electrons. The lowest BCUT2D eigenvalue weighted by atomic mass is 10.2. The Morgan fingerprint density at radius 1 is 1.38 bits per heavy atom. The van der Waals surface area contributed by atoms with Crippen molar-refractivity contribution in [2.45, 2.75) is 24.5 Å². The standard InChI is InChI=1S/C12H13N5O4/c13-9-6-4(10(14)19)1-17(11(6)16-3-15-9)12-8-7(21-8)5(2-18)20-12/h1,3,5,7-8,12,18H,2H2,(H2,14,19)(H2,13,15,16). The van der Waals surface area contributed by atoms with E-state index in [-0.39, 0.29) is 36.3 Å². The Hall–Kier alpha value is -2.23. The zero-order valence-corrected chi connectivity index (χ0v) is 10.8. The van der Waals surface area contributed by atoms with E-state index in [0.717, 1.165) is 0 Å². The SMILES string of the molecule is NC(=O)c1cn(C2OC(CO)C3OC32)c2ncnc(N)c12. The van der Waals surface area contributed by atoms with Crippen molar-refractivity contribution in [1.82, 2.24) is 14.5 Å². The molecule has 4 atom stereocenters. The van der Waals surface area contributed by atoms with E-state index < -0.39 is 12.1 Å². The number of nitrogens with two attached hydrogens (primary N) is 2. The average molecular weight is 291 g/mol. The van der Waals surface area contributed by atoms with Crippen LogP contribution >= 0.6 is 0 Å². The lowest BCUT2D eigenvalue weighted by molar-refractivity contribution is -0.0821. The highest BCUT2D eigenvalue weighted by Gasteiger charge is 2.59. The highest BCUT2D eigenvalue weighted by molar-refractivity contribution is 6.08. The zero-order chi connectivity index (χ0) is 14.7. The first-order chi connectivity index (χ1) is 10.1. The highest BCUT2D eigenvalue weighted by atomic mass is 16.7. The summed E-state index contributed by atoms with van der Waals surface area (Å²) in [4.78, 5) is 19.6. The van der Waals surface area contributed by atoms with Crippen LogP contribution in [0, 0.1) is 0 Å². The zero-order valence-electron chi connectivity index (χ0n) is 10.8. The summed E-state index contributed by atoms with van der Waals surface area (Å²) in [5.74, 6) is -0.442. The molecular weight excluding hydrogens is 278 g/mol. The van der Waals surface area contributed by atoms with E-state index in [1.165, 1.54) is 6.33 Å². The summed E-state index contributed by atoms with van der Waals surface area (Å²) in [6, 6.07) is 0. The van der Waals surface area contributed by atoms with Gasteiger partial charge in [0.05, 0.1) is 17.6 Å². The Kier molecular flexibility index (Phi) is 2.46. The molecule has 2 aliphatic heterocycles. The number of aliphatic hydroxyl groups is 1. The van der Waals surface area contributed by atoms with Crippen molar-refractivity contribution < 1.29 is 19.4 Å². The minimum Gasteiger partial charge on any atom is -0.394 e. The maximum Gasteiger partial charge on any atom is 0.251 e.